The quantitative estimate of drug-likeness (QED) is 0.850. The molecule has 0 radical (unpaired) electrons. The number of primary sulfonamides is 1. The summed E-state index contributed by atoms with van der Waals surface area (Å²) in [6.45, 7) is 2.18. The highest BCUT2D eigenvalue weighted by molar-refractivity contribution is 9.10. The van der Waals surface area contributed by atoms with Gasteiger partial charge in [-0.25, -0.2) is 13.6 Å². The first-order valence-electron chi connectivity index (χ1n) is 6.90. The van der Waals surface area contributed by atoms with Crippen molar-refractivity contribution in [2.45, 2.75) is 43.5 Å². The van der Waals surface area contributed by atoms with Gasteiger partial charge < -0.3 is 5.32 Å². The van der Waals surface area contributed by atoms with Crippen molar-refractivity contribution in [2.75, 3.05) is 0 Å². The van der Waals surface area contributed by atoms with E-state index in [1.54, 1.807) is 6.07 Å². The van der Waals surface area contributed by atoms with Crippen LogP contribution < -0.4 is 10.5 Å². The summed E-state index contributed by atoms with van der Waals surface area (Å²) in [5.41, 5.74) is 0.298. The van der Waals surface area contributed by atoms with E-state index in [9.17, 15) is 13.2 Å². The van der Waals surface area contributed by atoms with Crippen LogP contribution >= 0.6 is 15.9 Å². The van der Waals surface area contributed by atoms with Gasteiger partial charge in [0.05, 0.1) is 4.90 Å². The van der Waals surface area contributed by atoms with Crippen LogP contribution in [0, 0.1) is 5.92 Å². The Morgan fingerprint density at radius 2 is 2.05 bits per heavy atom. The Kier molecular flexibility index (Phi) is 5.06. The number of nitrogens with two attached hydrogens (primary N) is 1. The van der Waals surface area contributed by atoms with Crippen LogP contribution in [0.5, 0.6) is 0 Å². The van der Waals surface area contributed by atoms with Gasteiger partial charge in [0, 0.05) is 16.1 Å². The summed E-state index contributed by atoms with van der Waals surface area (Å²) in [4.78, 5) is 12.2. The first kappa shape index (κ1) is 16.5. The highest BCUT2D eigenvalue weighted by Crippen LogP contribution is 2.24. The van der Waals surface area contributed by atoms with Crippen molar-refractivity contribution in [3.8, 4) is 0 Å². The topological polar surface area (TPSA) is 89.3 Å². The summed E-state index contributed by atoms with van der Waals surface area (Å²) in [5.74, 6) is 0.340. The molecule has 1 fully saturated rings. The van der Waals surface area contributed by atoms with Crippen molar-refractivity contribution in [3.05, 3.63) is 28.2 Å². The molecule has 2 rings (SSSR count). The average Bonchev–Trinajstić information content (AvgIpc) is 2.37. The molecule has 1 aliphatic carbocycles. The third-order valence-corrected chi connectivity index (χ3v) is 5.08. The molecule has 7 heteroatoms. The van der Waals surface area contributed by atoms with Crippen LogP contribution in [0.2, 0.25) is 0 Å². The van der Waals surface area contributed by atoms with E-state index in [1.165, 1.54) is 18.6 Å². The SMILES string of the molecule is CC1CCCC(NC(=O)c2cc(Br)cc(S(N)(=O)=O)c2)C1. The van der Waals surface area contributed by atoms with Gasteiger partial charge in [0.15, 0.2) is 0 Å². The number of halogens is 1. The Morgan fingerprint density at radius 3 is 2.67 bits per heavy atom. The second kappa shape index (κ2) is 6.46. The Bertz CT molecular complexity index is 646. The maximum Gasteiger partial charge on any atom is 0.251 e. The lowest BCUT2D eigenvalue weighted by Gasteiger charge is -2.27. The lowest BCUT2D eigenvalue weighted by atomic mass is 9.87. The summed E-state index contributed by atoms with van der Waals surface area (Å²) in [7, 11) is -3.83. The summed E-state index contributed by atoms with van der Waals surface area (Å²) in [5, 5.41) is 8.09. The van der Waals surface area contributed by atoms with Crippen molar-refractivity contribution in [1.82, 2.24) is 5.32 Å². The van der Waals surface area contributed by atoms with Gasteiger partial charge in [0.1, 0.15) is 0 Å². The molecule has 1 saturated carbocycles. The summed E-state index contributed by atoms with van der Waals surface area (Å²) in [6, 6.07) is 4.44. The molecular formula is C14H19BrN2O3S. The fourth-order valence-corrected chi connectivity index (χ4v) is 3.92. The van der Waals surface area contributed by atoms with E-state index in [2.05, 4.69) is 28.2 Å². The molecule has 0 heterocycles. The number of sulfonamides is 1. The second-order valence-corrected chi connectivity index (χ2v) is 8.14. The number of rotatable bonds is 3. The van der Waals surface area contributed by atoms with Crippen molar-refractivity contribution < 1.29 is 13.2 Å². The zero-order valence-corrected chi connectivity index (χ0v) is 14.2. The molecule has 3 N–H and O–H groups in total. The van der Waals surface area contributed by atoms with Crippen LogP contribution in [-0.4, -0.2) is 20.4 Å². The number of carbonyl (C=O) groups is 1. The largest absolute Gasteiger partial charge is 0.349 e. The number of nitrogens with one attached hydrogen (secondary N) is 1. The van der Waals surface area contributed by atoms with Crippen molar-refractivity contribution in [3.63, 3.8) is 0 Å². The number of benzene rings is 1. The molecule has 2 unspecified atom stereocenters. The van der Waals surface area contributed by atoms with Crippen molar-refractivity contribution >= 4 is 31.9 Å². The first-order valence-corrected chi connectivity index (χ1v) is 9.24. The third kappa shape index (κ3) is 4.52. The van der Waals surface area contributed by atoms with Gasteiger partial charge in [-0.3, -0.25) is 4.79 Å². The third-order valence-electron chi connectivity index (χ3n) is 3.73. The van der Waals surface area contributed by atoms with E-state index in [0.717, 1.165) is 19.3 Å². The van der Waals surface area contributed by atoms with Crippen LogP contribution in [0.3, 0.4) is 0 Å². The highest BCUT2D eigenvalue weighted by atomic mass is 79.9. The number of amides is 1. The minimum atomic E-state index is -3.83. The predicted molar refractivity (Wildman–Crippen MR) is 84.4 cm³/mol. The molecule has 21 heavy (non-hydrogen) atoms. The molecule has 2 atom stereocenters. The Labute approximate surface area is 133 Å². The van der Waals surface area contributed by atoms with Gasteiger partial charge in [-0.05, 0) is 37.0 Å². The molecule has 5 nitrogen and oxygen atoms in total. The van der Waals surface area contributed by atoms with Gasteiger partial charge in [0.2, 0.25) is 10.0 Å². The molecule has 0 aliphatic heterocycles. The number of carbonyl (C=O) groups excluding carboxylic acids is 1. The Morgan fingerprint density at radius 1 is 1.33 bits per heavy atom. The van der Waals surface area contributed by atoms with Gasteiger partial charge in [-0.15, -0.1) is 0 Å². The minimum Gasteiger partial charge on any atom is -0.349 e. The van der Waals surface area contributed by atoms with Gasteiger partial charge in [0.25, 0.3) is 5.91 Å². The van der Waals surface area contributed by atoms with E-state index in [-0.39, 0.29) is 16.8 Å². The fraction of sp³-hybridized carbons (Fsp3) is 0.500. The number of hydrogen-bond acceptors (Lipinski definition) is 3. The molecule has 1 aliphatic rings. The predicted octanol–water partition coefficient (Wildman–Crippen LogP) is 2.41. The standard InChI is InChI=1S/C14H19BrN2O3S/c1-9-3-2-4-12(5-9)17-14(18)10-6-11(15)8-13(7-10)21(16,19)20/h6-9,12H,2-5H2,1H3,(H,17,18)(H2,16,19,20). The zero-order valence-electron chi connectivity index (χ0n) is 11.8. The van der Waals surface area contributed by atoms with Crippen LogP contribution in [-0.2, 0) is 10.0 Å². The normalized spacial score (nSPS) is 22.8. The van der Waals surface area contributed by atoms with E-state index in [4.69, 9.17) is 5.14 Å². The Balaban J connectivity index is 2.17. The molecule has 1 amide bonds. The Hall–Kier alpha value is -0.920. The fourth-order valence-electron chi connectivity index (χ4n) is 2.69. The van der Waals surface area contributed by atoms with Crippen molar-refractivity contribution in [1.29, 1.82) is 0 Å². The molecule has 1 aromatic carbocycles. The van der Waals surface area contributed by atoms with E-state index in [1.807, 2.05) is 0 Å². The van der Waals surface area contributed by atoms with Crippen molar-refractivity contribution in [2.24, 2.45) is 11.1 Å². The average molecular weight is 375 g/mol. The minimum absolute atomic E-state index is 0.0703. The van der Waals surface area contributed by atoms with Crippen LogP contribution in [0.15, 0.2) is 27.6 Å². The maximum atomic E-state index is 12.3. The molecule has 0 bridgehead atoms. The monoisotopic (exact) mass is 374 g/mol. The summed E-state index contributed by atoms with van der Waals surface area (Å²) in [6.07, 6.45) is 4.22. The second-order valence-electron chi connectivity index (χ2n) is 5.66. The summed E-state index contributed by atoms with van der Waals surface area (Å²) >= 11 is 3.21. The van der Waals surface area contributed by atoms with Crippen LogP contribution in [0.4, 0.5) is 0 Å². The van der Waals surface area contributed by atoms with Gasteiger partial charge >= 0.3 is 0 Å². The molecule has 1 aromatic rings. The molecule has 0 aromatic heterocycles. The molecule has 116 valence electrons. The smallest absolute Gasteiger partial charge is 0.251 e. The lowest BCUT2D eigenvalue weighted by Crippen LogP contribution is -2.38. The van der Waals surface area contributed by atoms with Gasteiger partial charge in [-0.1, -0.05) is 35.7 Å². The van der Waals surface area contributed by atoms with Gasteiger partial charge in [-0.2, -0.15) is 0 Å². The molecule has 0 saturated heterocycles. The molecular weight excluding hydrogens is 356 g/mol. The summed E-state index contributed by atoms with van der Waals surface area (Å²) < 4.78 is 23.3. The zero-order chi connectivity index (χ0) is 15.6. The van der Waals surface area contributed by atoms with E-state index in [0.29, 0.717) is 16.0 Å². The molecule has 0 spiro atoms. The maximum absolute atomic E-state index is 12.3. The lowest BCUT2D eigenvalue weighted by molar-refractivity contribution is 0.0921. The highest BCUT2D eigenvalue weighted by Gasteiger charge is 2.22. The van der Waals surface area contributed by atoms with Crippen LogP contribution in [0.25, 0.3) is 0 Å². The van der Waals surface area contributed by atoms with E-state index >= 15 is 0 Å². The first-order chi connectivity index (χ1) is 9.75. The number of hydrogen-bond donors (Lipinski definition) is 2. The van der Waals surface area contributed by atoms with E-state index < -0.39 is 10.0 Å². The van der Waals surface area contributed by atoms with Crippen LogP contribution in [0.1, 0.15) is 43.0 Å².